The molecule has 0 N–H and O–H groups in total. The lowest BCUT2D eigenvalue weighted by Crippen LogP contribution is -2.02. The van der Waals surface area contributed by atoms with Gasteiger partial charge in [0.15, 0.2) is 0 Å². The third kappa shape index (κ3) is 3.84. The molecule has 0 atom stereocenters. The maximum Gasteiger partial charge on any atom is 0.310 e. The lowest BCUT2D eigenvalue weighted by atomic mass is 10.2. The van der Waals surface area contributed by atoms with Crippen LogP contribution in [-0.4, -0.2) is 9.76 Å². The molecular weight excluding hydrogens is 256 g/mol. The predicted octanol–water partition coefficient (Wildman–Crippen LogP) is 3.80. The smallest absolute Gasteiger partial charge is 0.310 e. The number of para-hydroxylation sites is 1. The topological polar surface area (TPSA) is 9.23 Å². The van der Waals surface area contributed by atoms with Crippen molar-refractivity contribution < 1.29 is 4.43 Å². The molecule has 0 heterocycles. The Labute approximate surface area is 96.9 Å². The summed E-state index contributed by atoms with van der Waals surface area (Å²) >= 11 is 3.45. The zero-order chi connectivity index (χ0) is 10.2. The molecule has 0 amide bonds. The molecule has 1 aromatic rings. The van der Waals surface area contributed by atoms with Gasteiger partial charge < -0.3 is 4.43 Å². The van der Waals surface area contributed by atoms with E-state index in [1.165, 1.54) is 24.4 Å². The van der Waals surface area contributed by atoms with Gasteiger partial charge in [-0.3, -0.25) is 0 Å². The van der Waals surface area contributed by atoms with Gasteiger partial charge in [-0.15, -0.1) is 0 Å². The van der Waals surface area contributed by atoms with E-state index in [9.17, 15) is 0 Å². The molecule has 0 fully saturated rings. The minimum Gasteiger partial charge on any atom is -0.541 e. The van der Waals surface area contributed by atoms with E-state index < -0.39 is 0 Å². The fourth-order valence-electron chi connectivity index (χ4n) is 1.09. The zero-order valence-electron chi connectivity index (χ0n) is 8.42. The molecule has 0 spiro atoms. The number of halogens is 1. The van der Waals surface area contributed by atoms with Gasteiger partial charge in [-0.1, -0.05) is 53.9 Å². The Morgan fingerprint density at radius 3 is 2.86 bits per heavy atom. The van der Waals surface area contributed by atoms with Crippen LogP contribution in [0.5, 0.6) is 5.75 Å². The van der Waals surface area contributed by atoms with E-state index in [1.54, 1.807) is 0 Å². The van der Waals surface area contributed by atoms with Crippen molar-refractivity contribution in [3.63, 3.8) is 0 Å². The Morgan fingerprint density at radius 2 is 2.14 bits per heavy atom. The van der Waals surface area contributed by atoms with Crippen LogP contribution in [0.2, 0.25) is 6.04 Å². The van der Waals surface area contributed by atoms with Gasteiger partial charge in [-0.05, 0) is 12.1 Å². The minimum atomic E-state index is 0.595. The summed E-state index contributed by atoms with van der Waals surface area (Å²) in [5.41, 5.74) is 1.23. The second-order valence-electron chi connectivity index (χ2n) is 3.09. The predicted molar refractivity (Wildman–Crippen MR) is 65.2 cm³/mol. The van der Waals surface area contributed by atoms with Gasteiger partial charge in [0, 0.05) is 10.9 Å². The normalized spacial score (nSPS) is 10.1. The molecule has 2 radical (unpaired) electrons. The van der Waals surface area contributed by atoms with Crippen LogP contribution in [0, 0.1) is 0 Å². The fraction of sp³-hybridized carbons (Fsp3) is 0.455. The number of rotatable bonds is 6. The van der Waals surface area contributed by atoms with Crippen LogP contribution < -0.4 is 4.43 Å². The van der Waals surface area contributed by atoms with Crippen LogP contribution in [0.4, 0.5) is 0 Å². The van der Waals surface area contributed by atoms with Crippen LogP contribution >= 0.6 is 15.9 Å². The zero-order valence-corrected chi connectivity index (χ0v) is 11.0. The highest BCUT2D eigenvalue weighted by molar-refractivity contribution is 9.08. The van der Waals surface area contributed by atoms with E-state index in [0.29, 0.717) is 9.76 Å². The van der Waals surface area contributed by atoms with E-state index in [-0.39, 0.29) is 0 Å². The first kappa shape index (κ1) is 11.8. The van der Waals surface area contributed by atoms with Gasteiger partial charge in [0.25, 0.3) is 0 Å². The summed E-state index contributed by atoms with van der Waals surface area (Å²) in [5, 5.41) is 0.863. The SMILES string of the molecule is CCCC[Si]Oc1ccccc1CBr. The van der Waals surface area contributed by atoms with E-state index in [4.69, 9.17) is 4.43 Å². The molecule has 0 saturated heterocycles. The summed E-state index contributed by atoms with van der Waals surface area (Å²) in [7, 11) is 0.595. The Hall–Kier alpha value is -0.283. The highest BCUT2D eigenvalue weighted by atomic mass is 79.9. The van der Waals surface area contributed by atoms with Crippen molar-refractivity contribution in [2.24, 2.45) is 0 Å². The Kier molecular flexibility index (Phi) is 5.95. The van der Waals surface area contributed by atoms with Crippen LogP contribution in [0.3, 0.4) is 0 Å². The number of unbranched alkanes of at least 4 members (excludes halogenated alkanes) is 1. The second-order valence-corrected chi connectivity index (χ2v) is 4.64. The fourth-order valence-corrected chi connectivity index (χ4v) is 2.51. The first-order chi connectivity index (χ1) is 6.88. The third-order valence-electron chi connectivity index (χ3n) is 1.93. The highest BCUT2D eigenvalue weighted by Crippen LogP contribution is 2.20. The summed E-state index contributed by atoms with van der Waals surface area (Å²) in [6, 6.07) is 9.36. The van der Waals surface area contributed by atoms with Gasteiger partial charge in [0.2, 0.25) is 0 Å². The molecule has 0 unspecified atom stereocenters. The molecule has 0 aliphatic heterocycles. The van der Waals surface area contributed by atoms with E-state index in [1.807, 2.05) is 18.2 Å². The van der Waals surface area contributed by atoms with Gasteiger partial charge in [-0.25, -0.2) is 0 Å². The van der Waals surface area contributed by atoms with Crippen molar-refractivity contribution in [1.29, 1.82) is 0 Å². The first-order valence-electron chi connectivity index (χ1n) is 4.92. The van der Waals surface area contributed by atoms with Crippen LogP contribution in [0.25, 0.3) is 0 Å². The van der Waals surface area contributed by atoms with Crippen LogP contribution in [-0.2, 0) is 5.33 Å². The molecule has 76 valence electrons. The van der Waals surface area contributed by atoms with Gasteiger partial charge in [0.1, 0.15) is 5.75 Å². The monoisotopic (exact) mass is 270 g/mol. The van der Waals surface area contributed by atoms with Crippen molar-refractivity contribution in [2.45, 2.75) is 31.1 Å². The third-order valence-corrected chi connectivity index (χ3v) is 3.46. The molecule has 0 aromatic heterocycles. The highest BCUT2D eigenvalue weighted by Gasteiger charge is 2.01. The molecule has 0 aliphatic carbocycles. The maximum atomic E-state index is 5.73. The molecule has 3 heteroatoms. The average Bonchev–Trinajstić information content (AvgIpc) is 2.25. The molecule has 1 aromatic carbocycles. The number of hydrogen-bond acceptors (Lipinski definition) is 1. The van der Waals surface area contributed by atoms with Crippen molar-refractivity contribution in [3.8, 4) is 5.75 Å². The molecule has 1 nitrogen and oxygen atoms in total. The summed E-state index contributed by atoms with van der Waals surface area (Å²) in [6.45, 7) is 2.21. The van der Waals surface area contributed by atoms with Crippen molar-refractivity contribution in [3.05, 3.63) is 29.8 Å². The van der Waals surface area contributed by atoms with Gasteiger partial charge in [-0.2, -0.15) is 0 Å². The summed E-state index contributed by atoms with van der Waals surface area (Å²) in [6.07, 6.45) is 2.51. The Morgan fingerprint density at radius 1 is 1.36 bits per heavy atom. The van der Waals surface area contributed by atoms with Crippen LogP contribution in [0.15, 0.2) is 24.3 Å². The molecule has 14 heavy (non-hydrogen) atoms. The lowest BCUT2D eigenvalue weighted by molar-refractivity contribution is 0.582. The maximum absolute atomic E-state index is 5.73. The average molecular weight is 271 g/mol. The molecule has 0 aliphatic rings. The second kappa shape index (κ2) is 7.07. The van der Waals surface area contributed by atoms with Crippen molar-refractivity contribution >= 4 is 25.7 Å². The summed E-state index contributed by atoms with van der Waals surface area (Å²) < 4.78 is 5.73. The van der Waals surface area contributed by atoms with Crippen molar-refractivity contribution in [2.75, 3.05) is 0 Å². The Bertz CT molecular complexity index is 265. The summed E-state index contributed by atoms with van der Waals surface area (Å²) in [4.78, 5) is 0. The number of hydrogen-bond donors (Lipinski definition) is 0. The quantitative estimate of drug-likeness (QED) is 0.434. The first-order valence-corrected chi connectivity index (χ1v) is 7.15. The molecule has 0 bridgehead atoms. The van der Waals surface area contributed by atoms with Gasteiger partial charge >= 0.3 is 9.76 Å². The van der Waals surface area contributed by atoms with E-state index >= 15 is 0 Å². The lowest BCUT2D eigenvalue weighted by Gasteiger charge is -2.08. The summed E-state index contributed by atoms with van der Waals surface area (Å²) in [5.74, 6) is 1.03. The number of alkyl halides is 1. The number of benzene rings is 1. The van der Waals surface area contributed by atoms with Crippen LogP contribution in [0.1, 0.15) is 25.3 Å². The minimum absolute atomic E-state index is 0.595. The van der Waals surface area contributed by atoms with E-state index in [2.05, 4.69) is 28.9 Å². The van der Waals surface area contributed by atoms with E-state index in [0.717, 1.165) is 11.1 Å². The molecular formula is C11H15BrOSi. The standard InChI is InChI=1S/C11H15BrOSi/c1-2-3-8-14-13-11-7-5-4-6-10(11)9-12/h4-7H,2-3,8-9H2,1H3. The van der Waals surface area contributed by atoms with Crippen molar-refractivity contribution in [1.82, 2.24) is 0 Å². The largest absolute Gasteiger partial charge is 0.541 e. The molecule has 1 rings (SSSR count). The Balaban J connectivity index is 2.41. The molecule has 0 saturated carbocycles. The van der Waals surface area contributed by atoms with Gasteiger partial charge in [0.05, 0.1) is 0 Å².